The molecule has 0 aromatic carbocycles. The molecule has 2 aromatic rings. The largest absolute Gasteiger partial charge is 0.244 e. The molecule has 0 atom stereocenters. The first kappa shape index (κ1) is 9.31. The Bertz CT molecular complexity index is 426. The van der Waals surface area contributed by atoms with Gasteiger partial charge < -0.3 is 0 Å². The summed E-state index contributed by atoms with van der Waals surface area (Å²) in [5.41, 5.74) is 0. The first-order chi connectivity index (χ1) is 6.27. The SMILES string of the molecule is Ic1cnn(-c2ncncc2I)c1. The van der Waals surface area contributed by atoms with Crippen molar-refractivity contribution in [2.24, 2.45) is 0 Å². The molecule has 0 fully saturated rings. The second-order valence-electron chi connectivity index (χ2n) is 2.30. The molecule has 13 heavy (non-hydrogen) atoms. The van der Waals surface area contributed by atoms with E-state index in [1.807, 2.05) is 6.20 Å². The minimum atomic E-state index is 0.818. The van der Waals surface area contributed by atoms with Gasteiger partial charge in [-0.25, -0.2) is 14.6 Å². The number of hydrogen-bond donors (Lipinski definition) is 0. The van der Waals surface area contributed by atoms with E-state index in [-0.39, 0.29) is 0 Å². The lowest BCUT2D eigenvalue weighted by atomic mass is 10.6. The van der Waals surface area contributed by atoms with Crippen LogP contribution >= 0.6 is 45.2 Å². The van der Waals surface area contributed by atoms with Gasteiger partial charge in [0.2, 0.25) is 0 Å². The van der Waals surface area contributed by atoms with Gasteiger partial charge in [0.15, 0.2) is 5.82 Å². The normalized spacial score (nSPS) is 10.3. The molecule has 66 valence electrons. The van der Waals surface area contributed by atoms with Crippen molar-refractivity contribution in [2.75, 3.05) is 0 Å². The molecule has 0 saturated carbocycles. The van der Waals surface area contributed by atoms with Crippen molar-refractivity contribution in [2.45, 2.75) is 0 Å². The maximum atomic E-state index is 4.16. The zero-order valence-electron chi connectivity index (χ0n) is 6.35. The molecule has 2 heterocycles. The predicted octanol–water partition coefficient (Wildman–Crippen LogP) is 1.87. The Morgan fingerprint density at radius 1 is 1.23 bits per heavy atom. The van der Waals surface area contributed by atoms with E-state index in [2.05, 4.69) is 60.2 Å². The summed E-state index contributed by atoms with van der Waals surface area (Å²) in [6.07, 6.45) is 6.99. The van der Waals surface area contributed by atoms with Crippen LogP contribution < -0.4 is 0 Å². The maximum Gasteiger partial charge on any atom is 0.169 e. The Balaban J connectivity index is 2.52. The van der Waals surface area contributed by atoms with Gasteiger partial charge in [0, 0.05) is 12.4 Å². The lowest BCUT2D eigenvalue weighted by molar-refractivity contribution is 0.832. The molecule has 0 aliphatic heterocycles. The van der Waals surface area contributed by atoms with Crippen LogP contribution in [0.25, 0.3) is 5.82 Å². The summed E-state index contributed by atoms with van der Waals surface area (Å²) in [6, 6.07) is 0. The Morgan fingerprint density at radius 3 is 2.69 bits per heavy atom. The van der Waals surface area contributed by atoms with E-state index in [0.717, 1.165) is 13.0 Å². The van der Waals surface area contributed by atoms with Gasteiger partial charge in [-0.2, -0.15) is 5.10 Å². The van der Waals surface area contributed by atoms with Crippen molar-refractivity contribution in [3.8, 4) is 5.82 Å². The summed E-state index contributed by atoms with van der Waals surface area (Å²) >= 11 is 4.39. The zero-order chi connectivity index (χ0) is 9.26. The van der Waals surface area contributed by atoms with E-state index in [1.165, 1.54) is 6.33 Å². The lowest BCUT2D eigenvalue weighted by Gasteiger charge is -2.00. The molecule has 0 radical (unpaired) electrons. The van der Waals surface area contributed by atoms with Crippen LogP contribution in [0.1, 0.15) is 0 Å². The van der Waals surface area contributed by atoms with Crippen molar-refractivity contribution in [1.82, 2.24) is 19.7 Å². The topological polar surface area (TPSA) is 43.6 Å². The minimum Gasteiger partial charge on any atom is -0.244 e. The highest BCUT2D eigenvalue weighted by Gasteiger charge is 2.03. The molecule has 0 aliphatic carbocycles. The molecular weight excluding hydrogens is 394 g/mol. The van der Waals surface area contributed by atoms with Gasteiger partial charge in [-0.05, 0) is 45.2 Å². The van der Waals surface area contributed by atoms with Crippen LogP contribution in [0.4, 0.5) is 0 Å². The van der Waals surface area contributed by atoms with Gasteiger partial charge in [0.25, 0.3) is 0 Å². The van der Waals surface area contributed by atoms with Crippen molar-refractivity contribution in [1.29, 1.82) is 0 Å². The summed E-state index contributed by atoms with van der Waals surface area (Å²) < 4.78 is 3.82. The lowest BCUT2D eigenvalue weighted by Crippen LogP contribution is -2.00. The molecule has 0 N–H and O–H groups in total. The van der Waals surface area contributed by atoms with Crippen LogP contribution in [0, 0.1) is 7.14 Å². The number of rotatable bonds is 1. The van der Waals surface area contributed by atoms with Crippen molar-refractivity contribution in [3.05, 3.63) is 32.1 Å². The van der Waals surface area contributed by atoms with Crippen molar-refractivity contribution in [3.63, 3.8) is 0 Å². The van der Waals surface area contributed by atoms with Crippen LogP contribution in [0.5, 0.6) is 0 Å². The Labute approximate surface area is 102 Å². The second kappa shape index (κ2) is 3.86. The molecule has 0 saturated heterocycles. The molecule has 6 heteroatoms. The molecule has 4 nitrogen and oxygen atoms in total. The monoisotopic (exact) mass is 398 g/mol. The Hall–Kier alpha value is -0.250. The third-order valence-corrected chi connectivity index (χ3v) is 2.73. The molecule has 0 unspecified atom stereocenters. The standard InChI is InChI=1S/C7H4I2N4/c8-5-1-12-13(3-5)7-6(9)2-10-4-11-7/h1-4H. The summed E-state index contributed by atoms with van der Waals surface area (Å²) in [5, 5.41) is 4.16. The van der Waals surface area contributed by atoms with Gasteiger partial charge in [0.1, 0.15) is 6.33 Å². The van der Waals surface area contributed by atoms with Gasteiger partial charge in [-0.1, -0.05) is 0 Å². The zero-order valence-corrected chi connectivity index (χ0v) is 10.7. The van der Waals surface area contributed by atoms with Gasteiger partial charge in [0.05, 0.1) is 13.3 Å². The highest BCUT2D eigenvalue weighted by molar-refractivity contribution is 14.1. The fourth-order valence-corrected chi connectivity index (χ4v) is 1.83. The van der Waals surface area contributed by atoms with E-state index < -0.39 is 0 Å². The summed E-state index contributed by atoms with van der Waals surface area (Å²) in [6.45, 7) is 0. The van der Waals surface area contributed by atoms with E-state index in [9.17, 15) is 0 Å². The third-order valence-electron chi connectivity index (χ3n) is 1.42. The van der Waals surface area contributed by atoms with Crippen molar-refractivity contribution >= 4 is 45.2 Å². The van der Waals surface area contributed by atoms with Crippen LogP contribution in [0.3, 0.4) is 0 Å². The van der Waals surface area contributed by atoms with Gasteiger partial charge in [-0.3, -0.25) is 0 Å². The summed E-state index contributed by atoms with van der Waals surface area (Å²) in [7, 11) is 0. The number of nitrogens with zero attached hydrogens (tertiary/aromatic N) is 4. The molecule has 0 bridgehead atoms. The molecular formula is C7H4I2N4. The number of halogens is 2. The van der Waals surface area contributed by atoms with Crippen LogP contribution in [-0.4, -0.2) is 19.7 Å². The molecule has 0 aliphatic rings. The van der Waals surface area contributed by atoms with E-state index in [4.69, 9.17) is 0 Å². The average Bonchev–Trinajstić information content (AvgIpc) is 2.53. The first-order valence-corrected chi connectivity index (χ1v) is 5.59. The first-order valence-electron chi connectivity index (χ1n) is 3.43. The molecule has 0 spiro atoms. The average molecular weight is 398 g/mol. The maximum absolute atomic E-state index is 4.16. The van der Waals surface area contributed by atoms with Crippen molar-refractivity contribution < 1.29 is 0 Å². The van der Waals surface area contributed by atoms with Crippen LogP contribution in [0.15, 0.2) is 24.9 Å². The molecule has 2 aromatic heterocycles. The highest BCUT2D eigenvalue weighted by atomic mass is 127. The van der Waals surface area contributed by atoms with E-state index in [1.54, 1.807) is 17.1 Å². The third kappa shape index (κ3) is 1.98. The minimum absolute atomic E-state index is 0.818. The highest BCUT2D eigenvalue weighted by Crippen LogP contribution is 2.12. The fourth-order valence-electron chi connectivity index (χ4n) is 0.891. The Kier molecular flexibility index (Phi) is 2.77. The quantitative estimate of drug-likeness (QED) is 0.690. The predicted molar refractivity (Wildman–Crippen MR) is 64.6 cm³/mol. The van der Waals surface area contributed by atoms with E-state index in [0.29, 0.717) is 0 Å². The summed E-state index contributed by atoms with van der Waals surface area (Å²) in [5.74, 6) is 0.818. The summed E-state index contributed by atoms with van der Waals surface area (Å²) in [4.78, 5) is 8.06. The molecule has 0 amide bonds. The Morgan fingerprint density at radius 2 is 2.08 bits per heavy atom. The van der Waals surface area contributed by atoms with E-state index >= 15 is 0 Å². The van der Waals surface area contributed by atoms with Gasteiger partial charge >= 0.3 is 0 Å². The molecule has 2 rings (SSSR count). The smallest absolute Gasteiger partial charge is 0.169 e. The second-order valence-corrected chi connectivity index (χ2v) is 4.71. The number of hydrogen-bond acceptors (Lipinski definition) is 3. The number of aromatic nitrogens is 4. The fraction of sp³-hybridized carbons (Fsp3) is 0. The van der Waals surface area contributed by atoms with Crippen LogP contribution in [-0.2, 0) is 0 Å². The van der Waals surface area contributed by atoms with Crippen LogP contribution in [0.2, 0.25) is 0 Å². The van der Waals surface area contributed by atoms with Gasteiger partial charge in [-0.15, -0.1) is 0 Å².